The summed E-state index contributed by atoms with van der Waals surface area (Å²) in [5.74, 6) is 0. The van der Waals surface area contributed by atoms with Crippen LogP contribution in [0.15, 0.2) is 79.1 Å². The molecule has 0 radical (unpaired) electrons. The first kappa shape index (κ1) is 15.9. The predicted octanol–water partition coefficient (Wildman–Crippen LogP) is 4.95. The summed E-state index contributed by atoms with van der Waals surface area (Å²) in [5.41, 5.74) is 5.43. The van der Waals surface area contributed by atoms with Gasteiger partial charge in [-0.05, 0) is 43.3 Å². The number of nitrogens with one attached hydrogen (secondary N) is 2. The number of pyridine rings is 1. The lowest BCUT2D eigenvalue weighted by Crippen LogP contribution is -2.19. The fourth-order valence-corrected chi connectivity index (χ4v) is 2.73. The molecule has 2 amide bonds. The molecular weight excluding hydrogens is 324 g/mol. The zero-order valence-corrected chi connectivity index (χ0v) is 14.3. The molecule has 2 aromatic carbocycles. The normalized spacial score (nSPS) is 10.7. The Hall–Kier alpha value is -3.60. The molecule has 0 atom stereocenters. The number of nitrogens with zero attached hydrogens (tertiary/aromatic N) is 2. The van der Waals surface area contributed by atoms with E-state index in [4.69, 9.17) is 0 Å². The number of rotatable bonds is 3. The van der Waals surface area contributed by atoms with E-state index in [0.717, 1.165) is 33.8 Å². The molecule has 2 aromatic heterocycles. The summed E-state index contributed by atoms with van der Waals surface area (Å²) in [6.45, 7) is 2.01. The molecule has 0 saturated carbocycles. The molecule has 2 heterocycles. The fourth-order valence-electron chi connectivity index (χ4n) is 2.73. The van der Waals surface area contributed by atoms with Crippen LogP contribution in [0.5, 0.6) is 0 Å². The van der Waals surface area contributed by atoms with Crippen molar-refractivity contribution in [3.8, 4) is 11.3 Å². The van der Waals surface area contributed by atoms with Crippen LogP contribution >= 0.6 is 0 Å². The molecule has 0 aliphatic rings. The molecule has 4 rings (SSSR count). The van der Waals surface area contributed by atoms with Gasteiger partial charge in [-0.1, -0.05) is 35.9 Å². The number of urea groups is 1. The molecule has 5 heteroatoms. The number of anilines is 2. The summed E-state index contributed by atoms with van der Waals surface area (Å²) in [5, 5.41) is 5.65. The molecule has 128 valence electrons. The summed E-state index contributed by atoms with van der Waals surface area (Å²) in [6, 6.07) is 20.9. The van der Waals surface area contributed by atoms with Gasteiger partial charge < -0.3 is 15.0 Å². The SMILES string of the molecule is Cc1ccc(NC(=O)Nc2ccc(-c3cn4ccccc4n3)cc2)cc1. The van der Waals surface area contributed by atoms with E-state index in [0.29, 0.717) is 0 Å². The average Bonchev–Trinajstić information content (AvgIpc) is 3.08. The quantitative estimate of drug-likeness (QED) is 0.553. The number of benzene rings is 2. The lowest BCUT2D eigenvalue weighted by atomic mass is 10.1. The largest absolute Gasteiger partial charge is 0.323 e. The van der Waals surface area contributed by atoms with E-state index in [1.807, 2.05) is 90.4 Å². The maximum atomic E-state index is 12.1. The van der Waals surface area contributed by atoms with Gasteiger partial charge in [-0.25, -0.2) is 9.78 Å². The van der Waals surface area contributed by atoms with Crippen LogP contribution in [0.3, 0.4) is 0 Å². The summed E-state index contributed by atoms with van der Waals surface area (Å²) < 4.78 is 1.98. The number of imidazole rings is 1. The van der Waals surface area contributed by atoms with Crippen molar-refractivity contribution in [1.29, 1.82) is 0 Å². The van der Waals surface area contributed by atoms with Crippen LogP contribution in [-0.4, -0.2) is 15.4 Å². The van der Waals surface area contributed by atoms with Gasteiger partial charge in [0.15, 0.2) is 0 Å². The highest BCUT2D eigenvalue weighted by Crippen LogP contribution is 2.21. The molecule has 0 unspecified atom stereocenters. The molecule has 0 fully saturated rings. The van der Waals surface area contributed by atoms with Crippen molar-refractivity contribution in [2.24, 2.45) is 0 Å². The van der Waals surface area contributed by atoms with Crippen LogP contribution in [-0.2, 0) is 0 Å². The zero-order valence-electron chi connectivity index (χ0n) is 14.3. The Labute approximate surface area is 151 Å². The minimum atomic E-state index is -0.269. The topological polar surface area (TPSA) is 58.4 Å². The highest BCUT2D eigenvalue weighted by atomic mass is 16.2. The fraction of sp³-hybridized carbons (Fsp3) is 0.0476. The highest BCUT2D eigenvalue weighted by Gasteiger charge is 2.06. The van der Waals surface area contributed by atoms with E-state index < -0.39 is 0 Å². The van der Waals surface area contributed by atoms with Gasteiger partial charge in [-0.3, -0.25) is 0 Å². The Kier molecular flexibility index (Phi) is 4.11. The Bertz CT molecular complexity index is 1020. The van der Waals surface area contributed by atoms with Gasteiger partial charge in [-0.15, -0.1) is 0 Å². The van der Waals surface area contributed by atoms with Crippen molar-refractivity contribution in [1.82, 2.24) is 9.38 Å². The molecular formula is C21H18N4O. The van der Waals surface area contributed by atoms with Gasteiger partial charge in [0.2, 0.25) is 0 Å². The van der Waals surface area contributed by atoms with Crippen molar-refractivity contribution in [3.05, 3.63) is 84.7 Å². The summed E-state index contributed by atoms with van der Waals surface area (Å²) in [6.07, 6.45) is 3.96. The average molecular weight is 342 g/mol. The second kappa shape index (κ2) is 6.72. The van der Waals surface area contributed by atoms with Gasteiger partial charge in [0.1, 0.15) is 5.65 Å². The minimum absolute atomic E-state index is 0.269. The molecule has 26 heavy (non-hydrogen) atoms. The molecule has 4 aromatic rings. The third-order valence-electron chi connectivity index (χ3n) is 4.11. The van der Waals surface area contributed by atoms with Crippen molar-refractivity contribution in [2.75, 3.05) is 10.6 Å². The van der Waals surface area contributed by atoms with Crippen molar-refractivity contribution < 1.29 is 4.79 Å². The third kappa shape index (κ3) is 3.42. The molecule has 0 aliphatic carbocycles. The Balaban J connectivity index is 1.45. The Morgan fingerprint density at radius 3 is 2.19 bits per heavy atom. The van der Waals surface area contributed by atoms with Gasteiger partial charge in [-0.2, -0.15) is 0 Å². The molecule has 0 spiro atoms. The maximum Gasteiger partial charge on any atom is 0.323 e. The number of carbonyl (C=O) groups excluding carboxylic acids is 1. The number of hydrogen-bond donors (Lipinski definition) is 2. The number of aromatic nitrogens is 2. The summed E-state index contributed by atoms with van der Waals surface area (Å²) in [7, 11) is 0. The van der Waals surface area contributed by atoms with Gasteiger partial charge >= 0.3 is 6.03 Å². The second-order valence-electron chi connectivity index (χ2n) is 6.11. The zero-order chi connectivity index (χ0) is 17.9. The Morgan fingerprint density at radius 1 is 0.885 bits per heavy atom. The minimum Gasteiger partial charge on any atom is -0.308 e. The molecule has 5 nitrogen and oxygen atoms in total. The van der Waals surface area contributed by atoms with Gasteiger partial charge in [0.25, 0.3) is 0 Å². The van der Waals surface area contributed by atoms with Crippen LogP contribution in [0.25, 0.3) is 16.9 Å². The number of amides is 2. The third-order valence-corrected chi connectivity index (χ3v) is 4.11. The lowest BCUT2D eigenvalue weighted by Gasteiger charge is -2.08. The van der Waals surface area contributed by atoms with Crippen LogP contribution in [0.4, 0.5) is 16.2 Å². The monoisotopic (exact) mass is 342 g/mol. The first-order valence-corrected chi connectivity index (χ1v) is 8.36. The van der Waals surface area contributed by atoms with Crippen LogP contribution in [0.2, 0.25) is 0 Å². The second-order valence-corrected chi connectivity index (χ2v) is 6.11. The maximum absolute atomic E-state index is 12.1. The smallest absolute Gasteiger partial charge is 0.308 e. The standard InChI is InChI=1S/C21H18N4O/c1-15-5-9-17(10-6-15)22-21(26)23-18-11-7-16(8-12-18)19-14-25-13-3-2-4-20(25)24-19/h2-14H,1H3,(H2,22,23,26). The van der Waals surface area contributed by atoms with Crippen LogP contribution < -0.4 is 10.6 Å². The molecule has 0 bridgehead atoms. The van der Waals surface area contributed by atoms with Gasteiger partial charge in [0.05, 0.1) is 5.69 Å². The molecule has 0 saturated heterocycles. The summed E-state index contributed by atoms with van der Waals surface area (Å²) >= 11 is 0. The number of carbonyl (C=O) groups is 1. The van der Waals surface area contributed by atoms with E-state index in [-0.39, 0.29) is 6.03 Å². The van der Waals surface area contributed by atoms with Gasteiger partial charge in [0, 0.05) is 29.3 Å². The highest BCUT2D eigenvalue weighted by molar-refractivity contribution is 5.99. The van der Waals surface area contributed by atoms with E-state index >= 15 is 0 Å². The van der Waals surface area contributed by atoms with E-state index in [2.05, 4.69) is 15.6 Å². The summed E-state index contributed by atoms with van der Waals surface area (Å²) in [4.78, 5) is 16.7. The van der Waals surface area contributed by atoms with Crippen LogP contribution in [0.1, 0.15) is 5.56 Å². The molecule has 0 aliphatic heterocycles. The number of fused-ring (bicyclic) bond motifs is 1. The van der Waals surface area contributed by atoms with Crippen molar-refractivity contribution in [3.63, 3.8) is 0 Å². The van der Waals surface area contributed by atoms with Crippen molar-refractivity contribution >= 4 is 23.1 Å². The lowest BCUT2D eigenvalue weighted by molar-refractivity contribution is 0.262. The first-order chi connectivity index (χ1) is 12.7. The number of aryl methyl sites for hydroxylation is 1. The first-order valence-electron chi connectivity index (χ1n) is 8.36. The van der Waals surface area contributed by atoms with Crippen molar-refractivity contribution in [2.45, 2.75) is 6.92 Å². The van der Waals surface area contributed by atoms with E-state index in [1.54, 1.807) is 0 Å². The predicted molar refractivity (Wildman–Crippen MR) is 104 cm³/mol. The number of hydrogen-bond acceptors (Lipinski definition) is 2. The Morgan fingerprint density at radius 2 is 1.54 bits per heavy atom. The van der Waals surface area contributed by atoms with Crippen LogP contribution in [0, 0.1) is 6.92 Å². The van der Waals surface area contributed by atoms with E-state index in [1.165, 1.54) is 0 Å². The molecule has 2 N–H and O–H groups in total. The van der Waals surface area contributed by atoms with E-state index in [9.17, 15) is 4.79 Å².